The third kappa shape index (κ3) is 5.02. The Hall–Kier alpha value is -2.47. The predicted octanol–water partition coefficient (Wildman–Crippen LogP) is 4.61. The van der Waals surface area contributed by atoms with Gasteiger partial charge in [0, 0.05) is 17.3 Å². The van der Waals surface area contributed by atoms with Gasteiger partial charge in [-0.2, -0.15) is 0 Å². The van der Waals surface area contributed by atoms with Crippen molar-refractivity contribution in [2.75, 3.05) is 5.32 Å². The molecule has 0 unspecified atom stereocenters. The Bertz CT molecular complexity index is 712. The van der Waals surface area contributed by atoms with Gasteiger partial charge >= 0.3 is 6.03 Å². The number of rotatable bonds is 5. The van der Waals surface area contributed by atoms with E-state index in [-0.39, 0.29) is 30.3 Å². The minimum atomic E-state index is -0.585. The monoisotopic (exact) mass is 360 g/mol. The summed E-state index contributed by atoms with van der Waals surface area (Å²) in [4.78, 5) is 12.0. The van der Waals surface area contributed by atoms with E-state index in [0.29, 0.717) is 0 Å². The summed E-state index contributed by atoms with van der Waals surface area (Å²) in [5.74, 6) is -1.17. The molecule has 26 heavy (non-hydrogen) atoms. The SMILES string of the molecule is O=C(Nc1ccccc1)N[C@H]1CC[C@H](OCc2c(F)cccc2F)CC1. The molecule has 1 saturated carbocycles. The number of hydrogen-bond donors (Lipinski definition) is 2. The molecule has 2 aromatic rings. The zero-order valence-corrected chi connectivity index (χ0v) is 14.4. The number of halogens is 2. The van der Waals surface area contributed by atoms with Crippen molar-refractivity contribution in [1.82, 2.24) is 5.32 Å². The molecule has 2 aromatic carbocycles. The number of urea groups is 1. The third-order valence-corrected chi connectivity index (χ3v) is 4.57. The quantitative estimate of drug-likeness (QED) is 0.818. The van der Waals surface area contributed by atoms with Crippen LogP contribution in [0.5, 0.6) is 0 Å². The fourth-order valence-electron chi connectivity index (χ4n) is 3.12. The van der Waals surface area contributed by atoms with Crippen molar-refractivity contribution in [2.45, 2.75) is 44.4 Å². The highest BCUT2D eigenvalue weighted by atomic mass is 19.1. The molecule has 0 bridgehead atoms. The average Bonchev–Trinajstić information content (AvgIpc) is 2.63. The standard InChI is InChI=1S/C20H22F2N2O2/c21-18-7-4-8-19(22)17(18)13-26-16-11-9-15(10-12-16)24-20(25)23-14-5-2-1-3-6-14/h1-8,15-16H,9-13H2,(H2,23,24,25)/t15-,16-. The van der Waals surface area contributed by atoms with Crippen LogP contribution in [0.4, 0.5) is 19.3 Å². The lowest BCUT2D eigenvalue weighted by Crippen LogP contribution is -2.41. The number of anilines is 1. The summed E-state index contributed by atoms with van der Waals surface area (Å²) in [7, 11) is 0. The predicted molar refractivity (Wildman–Crippen MR) is 95.8 cm³/mol. The summed E-state index contributed by atoms with van der Waals surface area (Å²) >= 11 is 0. The van der Waals surface area contributed by atoms with Crippen LogP contribution in [0.15, 0.2) is 48.5 Å². The van der Waals surface area contributed by atoms with E-state index in [1.54, 1.807) is 0 Å². The van der Waals surface area contributed by atoms with Gasteiger partial charge in [0.25, 0.3) is 0 Å². The van der Waals surface area contributed by atoms with Crippen molar-refractivity contribution in [1.29, 1.82) is 0 Å². The zero-order valence-electron chi connectivity index (χ0n) is 14.4. The number of carbonyl (C=O) groups excluding carboxylic acids is 1. The first-order valence-corrected chi connectivity index (χ1v) is 8.79. The maximum atomic E-state index is 13.6. The molecule has 1 fully saturated rings. The molecule has 0 aliphatic heterocycles. The van der Waals surface area contributed by atoms with E-state index in [0.717, 1.165) is 31.4 Å². The first-order chi connectivity index (χ1) is 12.6. The van der Waals surface area contributed by atoms with Crippen LogP contribution in [0, 0.1) is 11.6 Å². The van der Waals surface area contributed by atoms with E-state index in [4.69, 9.17) is 4.74 Å². The first kappa shape index (κ1) is 18.3. The molecule has 0 atom stereocenters. The lowest BCUT2D eigenvalue weighted by molar-refractivity contribution is 0.00964. The highest BCUT2D eigenvalue weighted by Gasteiger charge is 2.23. The number of para-hydroxylation sites is 1. The van der Waals surface area contributed by atoms with Crippen LogP contribution in [-0.2, 0) is 11.3 Å². The Morgan fingerprint density at radius 2 is 1.62 bits per heavy atom. The summed E-state index contributed by atoms with van der Waals surface area (Å²) in [5.41, 5.74) is 0.712. The van der Waals surface area contributed by atoms with Gasteiger partial charge in [0.1, 0.15) is 11.6 Å². The number of nitrogens with one attached hydrogen (secondary N) is 2. The number of hydrogen-bond acceptors (Lipinski definition) is 2. The molecule has 1 aliphatic carbocycles. The fraction of sp³-hybridized carbons (Fsp3) is 0.350. The zero-order chi connectivity index (χ0) is 18.4. The van der Waals surface area contributed by atoms with Crippen LogP contribution in [0.1, 0.15) is 31.2 Å². The highest BCUT2D eigenvalue weighted by Crippen LogP contribution is 2.23. The Morgan fingerprint density at radius 3 is 2.27 bits per heavy atom. The lowest BCUT2D eigenvalue weighted by atomic mass is 9.93. The van der Waals surface area contributed by atoms with Crippen LogP contribution in [0.3, 0.4) is 0 Å². The maximum absolute atomic E-state index is 13.6. The largest absolute Gasteiger partial charge is 0.373 e. The van der Waals surface area contributed by atoms with E-state index in [1.807, 2.05) is 30.3 Å². The van der Waals surface area contributed by atoms with Gasteiger partial charge in [-0.15, -0.1) is 0 Å². The minimum absolute atomic E-state index is 0.0324. The summed E-state index contributed by atoms with van der Waals surface area (Å²) in [6.45, 7) is -0.0736. The molecule has 0 radical (unpaired) electrons. The van der Waals surface area contributed by atoms with Crippen molar-refractivity contribution >= 4 is 11.7 Å². The molecule has 4 nitrogen and oxygen atoms in total. The summed E-state index contributed by atoms with van der Waals surface area (Å²) in [5, 5.41) is 5.75. The van der Waals surface area contributed by atoms with E-state index in [9.17, 15) is 13.6 Å². The van der Waals surface area contributed by atoms with Crippen LogP contribution in [0.2, 0.25) is 0 Å². The van der Waals surface area contributed by atoms with E-state index in [1.165, 1.54) is 18.2 Å². The molecular weight excluding hydrogens is 338 g/mol. The van der Waals surface area contributed by atoms with Gasteiger partial charge in [-0.25, -0.2) is 13.6 Å². The Labute approximate surface area is 151 Å². The van der Waals surface area contributed by atoms with Crippen LogP contribution >= 0.6 is 0 Å². The Balaban J connectivity index is 1.41. The number of carbonyl (C=O) groups is 1. The second kappa shape index (κ2) is 8.76. The van der Waals surface area contributed by atoms with E-state index in [2.05, 4.69) is 10.6 Å². The summed E-state index contributed by atoms with van der Waals surface area (Å²) in [6, 6.07) is 12.9. The molecule has 0 saturated heterocycles. The van der Waals surface area contributed by atoms with E-state index >= 15 is 0 Å². The molecule has 0 aromatic heterocycles. The third-order valence-electron chi connectivity index (χ3n) is 4.57. The molecule has 3 rings (SSSR count). The van der Waals surface area contributed by atoms with Gasteiger partial charge in [-0.05, 0) is 49.9 Å². The molecule has 0 heterocycles. The second-order valence-corrected chi connectivity index (χ2v) is 6.45. The number of amides is 2. The maximum Gasteiger partial charge on any atom is 0.319 e. The van der Waals surface area contributed by atoms with Crippen LogP contribution in [-0.4, -0.2) is 18.2 Å². The second-order valence-electron chi connectivity index (χ2n) is 6.45. The molecule has 138 valence electrons. The van der Waals surface area contributed by atoms with Crippen molar-refractivity contribution in [2.24, 2.45) is 0 Å². The van der Waals surface area contributed by atoms with Gasteiger partial charge in [0.05, 0.1) is 12.7 Å². The lowest BCUT2D eigenvalue weighted by Gasteiger charge is -2.29. The topological polar surface area (TPSA) is 50.4 Å². The summed E-state index contributed by atoms with van der Waals surface area (Å²) < 4.78 is 32.9. The van der Waals surface area contributed by atoms with Gasteiger partial charge in [0.15, 0.2) is 0 Å². The molecule has 1 aliphatic rings. The van der Waals surface area contributed by atoms with Crippen LogP contribution < -0.4 is 10.6 Å². The molecular formula is C20H22F2N2O2. The Kier molecular flexibility index (Phi) is 6.17. The van der Waals surface area contributed by atoms with Crippen molar-refractivity contribution < 1.29 is 18.3 Å². The van der Waals surface area contributed by atoms with E-state index < -0.39 is 11.6 Å². The van der Waals surface area contributed by atoms with Crippen molar-refractivity contribution in [3.05, 3.63) is 65.7 Å². The van der Waals surface area contributed by atoms with Gasteiger partial charge < -0.3 is 15.4 Å². The Morgan fingerprint density at radius 1 is 0.962 bits per heavy atom. The molecule has 6 heteroatoms. The number of benzene rings is 2. The fourth-order valence-corrected chi connectivity index (χ4v) is 3.12. The van der Waals surface area contributed by atoms with Gasteiger partial charge in [-0.3, -0.25) is 0 Å². The average molecular weight is 360 g/mol. The molecule has 2 amide bonds. The highest BCUT2D eigenvalue weighted by molar-refractivity contribution is 5.89. The number of ether oxygens (including phenoxy) is 1. The normalized spacial score (nSPS) is 19.8. The van der Waals surface area contributed by atoms with Crippen LogP contribution in [0.25, 0.3) is 0 Å². The van der Waals surface area contributed by atoms with Crippen molar-refractivity contribution in [3.63, 3.8) is 0 Å². The molecule has 2 N–H and O–H groups in total. The van der Waals surface area contributed by atoms with Gasteiger partial charge in [0.2, 0.25) is 0 Å². The van der Waals surface area contributed by atoms with Gasteiger partial charge in [-0.1, -0.05) is 24.3 Å². The first-order valence-electron chi connectivity index (χ1n) is 8.79. The van der Waals surface area contributed by atoms with Crippen molar-refractivity contribution in [3.8, 4) is 0 Å². The summed E-state index contributed by atoms with van der Waals surface area (Å²) in [6.07, 6.45) is 2.97. The molecule has 0 spiro atoms. The minimum Gasteiger partial charge on any atom is -0.373 e. The smallest absolute Gasteiger partial charge is 0.319 e.